The second-order valence-corrected chi connectivity index (χ2v) is 5.46. The Morgan fingerprint density at radius 2 is 2.04 bits per heavy atom. The number of rotatable bonds is 3. The van der Waals surface area contributed by atoms with E-state index in [2.05, 4.69) is 22.2 Å². The third kappa shape index (κ3) is 2.12. The second kappa shape index (κ2) is 5.35. The Kier molecular flexibility index (Phi) is 3.19. The molecule has 0 N–H and O–H groups in total. The summed E-state index contributed by atoms with van der Waals surface area (Å²) in [7, 11) is 1.58. The van der Waals surface area contributed by atoms with Gasteiger partial charge >= 0.3 is 0 Å². The molecule has 1 aromatic carbocycles. The zero-order valence-electron chi connectivity index (χ0n) is 12.7. The summed E-state index contributed by atoms with van der Waals surface area (Å²) in [5, 5.41) is 4.50. The van der Waals surface area contributed by atoms with Crippen molar-refractivity contribution >= 4 is 6.29 Å². The predicted molar refractivity (Wildman–Crippen MR) is 86.1 cm³/mol. The highest BCUT2D eigenvalue weighted by molar-refractivity contribution is 5.82. The van der Waals surface area contributed by atoms with Crippen molar-refractivity contribution in [2.75, 3.05) is 7.11 Å². The summed E-state index contributed by atoms with van der Waals surface area (Å²) in [4.78, 5) is 15.7. The molecule has 0 amide bonds. The Labute approximate surface area is 133 Å². The first kappa shape index (κ1) is 13.7. The third-order valence-corrected chi connectivity index (χ3v) is 4.22. The Hall–Kier alpha value is -2.95. The molecule has 1 aliphatic rings. The summed E-state index contributed by atoms with van der Waals surface area (Å²) in [5.74, 6) is 0.547. The van der Waals surface area contributed by atoms with Crippen LogP contribution in [-0.2, 0) is 12.8 Å². The normalized spacial score (nSPS) is 12.4. The highest BCUT2D eigenvalue weighted by Gasteiger charge is 2.25. The highest BCUT2D eigenvalue weighted by Crippen LogP contribution is 2.36. The molecule has 0 fully saturated rings. The summed E-state index contributed by atoms with van der Waals surface area (Å²) < 4.78 is 6.91. The van der Waals surface area contributed by atoms with E-state index in [9.17, 15) is 4.79 Å². The van der Waals surface area contributed by atoms with Crippen LogP contribution >= 0.6 is 0 Å². The van der Waals surface area contributed by atoms with Crippen LogP contribution in [0.1, 0.15) is 21.6 Å². The summed E-state index contributed by atoms with van der Waals surface area (Å²) in [5.41, 5.74) is 5.72. The molecule has 0 saturated heterocycles. The first-order chi connectivity index (χ1) is 11.3. The van der Waals surface area contributed by atoms with Gasteiger partial charge in [-0.3, -0.25) is 4.79 Å². The number of pyridine rings is 1. The van der Waals surface area contributed by atoms with Gasteiger partial charge in [-0.05, 0) is 24.5 Å². The van der Waals surface area contributed by atoms with Crippen molar-refractivity contribution in [2.45, 2.75) is 12.8 Å². The van der Waals surface area contributed by atoms with Gasteiger partial charge in [0.15, 0.2) is 6.29 Å². The van der Waals surface area contributed by atoms with E-state index in [1.165, 1.54) is 5.56 Å². The first-order valence-electron chi connectivity index (χ1n) is 7.47. The van der Waals surface area contributed by atoms with Gasteiger partial charge in [0.1, 0.15) is 5.69 Å². The van der Waals surface area contributed by atoms with Crippen LogP contribution in [0, 0.1) is 0 Å². The van der Waals surface area contributed by atoms with Crippen molar-refractivity contribution in [1.82, 2.24) is 14.8 Å². The van der Waals surface area contributed by atoms with Crippen molar-refractivity contribution in [2.24, 2.45) is 0 Å². The third-order valence-electron chi connectivity index (χ3n) is 4.22. The van der Waals surface area contributed by atoms with Crippen LogP contribution in [0.2, 0.25) is 0 Å². The fraction of sp³-hybridized carbons (Fsp3) is 0.167. The number of benzene rings is 1. The zero-order valence-corrected chi connectivity index (χ0v) is 12.7. The molecule has 3 aromatic rings. The molecule has 23 heavy (non-hydrogen) atoms. The van der Waals surface area contributed by atoms with Gasteiger partial charge in [0.25, 0.3) is 0 Å². The lowest BCUT2D eigenvalue weighted by molar-refractivity contribution is 0.111. The quantitative estimate of drug-likeness (QED) is 0.698. The highest BCUT2D eigenvalue weighted by atomic mass is 16.5. The number of aryl methyl sites for hydroxylation is 1. The maximum atomic E-state index is 11.4. The molecule has 0 aliphatic heterocycles. The largest absolute Gasteiger partial charge is 0.481 e. The number of aldehydes is 1. The number of hydrogen-bond acceptors (Lipinski definition) is 4. The number of aromatic nitrogens is 3. The smallest absolute Gasteiger partial charge is 0.213 e. The van der Waals surface area contributed by atoms with Crippen LogP contribution in [0.3, 0.4) is 0 Å². The number of carbonyl (C=O) groups excluding carboxylic acids is 1. The molecule has 0 saturated carbocycles. The summed E-state index contributed by atoms with van der Waals surface area (Å²) in [6, 6.07) is 11.9. The molecule has 0 atom stereocenters. The minimum atomic E-state index is 0.505. The van der Waals surface area contributed by atoms with Crippen LogP contribution in [-0.4, -0.2) is 28.2 Å². The Morgan fingerprint density at radius 3 is 2.78 bits per heavy atom. The molecule has 0 radical (unpaired) electrons. The minimum absolute atomic E-state index is 0.505. The Balaban J connectivity index is 1.95. The lowest BCUT2D eigenvalue weighted by atomic mass is 9.89. The van der Waals surface area contributed by atoms with E-state index in [0.717, 1.165) is 41.6 Å². The first-order valence-corrected chi connectivity index (χ1v) is 7.47. The predicted octanol–water partition coefficient (Wildman–Crippen LogP) is 2.85. The number of methoxy groups -OCH3 is 1. The fourth-order valence-electron chi connectivity index (χ4n) is 3.12. The van der Waals surface area contributed by atoms with Crippen LogP contribution in [0.5, 0.6) is 5.88 Å². The van der Waals surface area contributed by atoms with Gasteiger partial charge in [-0.25, -0.2) is 9.67 Å². The van der Waals surface area contributed by atoms with Gasteiger partial charge in [0, 0.05) is 17.2 Å². The summed E-state index contributed by atoms with van der Waals surface area (Å²) >= 11 is 0. The van der Waals surface area contributed by atoms with Crippen molar-refractivity contribution < 1.29 is 9.53 Å². The van der Waals surface area contributed by atoms with Crippen LogP contribution < -0.4 is 4.74 Å². The maximum Gasteiger partial charge on any atom is 0.213 e. The molecule has 2 aromatic heterocycles. The van der Waals surface area contributed by atoms with E-state index in [1.807, 2.05) is 22.9 Å². The Bertz CT molecular complexity index is 882. The topological polar surface area (TPSA) is 57.0 Å². The van der Waals surface area contributed by atoms with E-state index in [4.69, 9.17) is 4.74 Å². The van der Waals surface area contributed by atoms with Crippen LogP contribution in [0.15, 0.2) is 42.6 Å². The number of hydrogen-bond donors (Lipinski definition) is 0. The number of ether oxygens (including phenoxy) is 1. The summed E-state index contributed by atoms with van der Waals surface area (Å²) in [6.45, 7) is 0. The zero-order chi connectivity index (χ0) is 15.8. The van der Waals surface area contributed by atoms with Gasteiger partial charge in [-0.1, -0.05) is 24.3 Å². The molecule has 0 bridgehead atoms. The van der Waals surface area contributed by atoms with E-state index in [-0.39, 0.29) is 0 Å². The minimum Gasteiger partial charge on any atom is -0.481 e. The van der Waals surface area contributed by atoms with E-state index < -0.39 is 0 Å². The van der Waals surface area contributed by atoms with Crippen molar-refractivity contribution in [3.8, 4) is 22.8 Å². The summed E-state index contributed by atoms with van der Waals surface area (Å²) in [6.07, 6.45) is 4.29. The molecule has 0 unspecified atom stereocenters. The average Bonchev–Trinajstić information content (AvgIpc) is 3.01. The van der Waals surface area contributed by atoms with Crippen molar-refractivity contribution in [3.05, 3.63) is 59.4 Å². The molecule has 2 heterocycles. The number of fused-ring (bicyclic) bond motifs is 3. The van der Waals surface area contributed by atoms with Crippen LogP contribution in [0.25, 0.3) is 16.9 Å². The second-order valence-electron chi connectivity index (χ2n) is 5.46. The molecule has 1 aliphatic carbocycles. The molecule has 5 heteroatoms. The Morgan fingerprint density at radius 1 is 1.17 bits per heavy atom. The number of carbonyl (C=O) groups is 1. The van der Waals surface area contributed by atoms with Crippen LogP contribution in [0.4, 0.5) is 0 Å². The monoisotopic (exact) mass is 305 g/mol. The molecule has 4 rings (SSSR count). The molecular weight excluding hydrogens is 290 g/mol. The van der Waals surface area contributed by atoms with Gasteiger partial charge in [-0.2, -0.15) is 5.10 Å². The lowest BCUT2D eigenvalue weighted by Gasteiger charge is -2.18. The average molecular weight is 305 g/mol. The number of nitrogens with zero attached hydrogens (tertiary/aromatic N) is 3. The van der Waals surface area contributed by atoms with Crippen molar-refractivity contribution in [3.63, 3.8) is 0 Å². The van der Waals surface area contributed by atoms with E-state index >= 15 is 0 Å². The van der Waals surface area contributed by atoms with Crippen molar-refractivity contribution in [1.29, 1.82) is 0 Å². The van der Waals surface area contributed by atoms with Gasteiger partial charge in [0.2, 0.25) is 5.88 Å². The SMILES string of the molecule is COc1ccc(-n2nc(C=O)c3c2-c2ccccc2CC3)cn1. The molecule has 114 valence electrons. The lowest BCUT2D eigenvalue weighted by Crippen LogP contribution is -2.07. The van der Waals surface area contributed by atoms with E-state index in [1.54, 1.807) is 19.4 Å². The standard InChI is InChI=1S/C18H15N3O2/c1-23-17-9-7-13(10-19-17)21-18-14-5-3-2-4-12(14)6-8-15(18)16(11-22)20-21/h2-5,7,9-11H,6,8H2,1H3. The molecule has 5 nitrogen and oxygen atoms in total. The van der Waals surface area contributed by atoms with Gasteiger partial charge in [-0.15, -0.1) is 0 Å². The maximum absolute atomic E-state index is 11.4. The van der Waals surface area contributed by atoms with Gasteiger partial charge < -0.3 is 4.74 Å². The molecular formula is C18H15N3O2. The van der Waals surface area contributed by atoms with E-state index in [0.29, 0.717) is 11.6 Å². The fourth-order valence-corrected chi connectivity index (χ4v) is 3.12. The van der Waals surface area contributed by atoms with Gasteiger partial charge in [0.05, 0.1) is 24.7 Å². The molecule has 0 spiro atoms.